The molecule has 1 nitrogen and oxygen atoms in total. The highest BCUT2D eigenvalue weighted by Crippen LogP contribution is 2.30. The molecule has 0 amide bonds. The first-order chi connectivity index (χ1) is 8.42. The molecule has 1 saturated carbocycles. The van der Waals surface area contributed by atoms with Gasteiger partial charge in [0.15, 0.2) is 0 Å². The first-order valence-corrected chi connectivity index (χ1v) is 7.84. The van der Waals surface area contributed by atoms with E-state index in [1.54, 1.807) is 0 Å². The zero-order chi connectivity index (χ0) is 11.9. The zero-order valence-electron chi connectivity index (χ0n) is 11.5. The van der Waals surface area contributed by atoms with Crippen LogP contribution in [0.5, 0.6) is 0 Å². The minimum absolute atomic E-state index is 0.791. The first kappa shape index (κ1) is 13.1. The van der Waals surface area contributed by atoms with E-state index < -0.39 is 0 Å². The van der Waals surface area contributed by atoms with Crippen LogP contribution in [0, 0.1) is 0 Å². The van der Waals surface area contributed by atoms with Crippen molar-refractivity contribution in [2.75, 3.05) is 6.54 Å². The number of hydrogen-bond donors (Lipinski definition) is 0. The van der Waals surface area contributed by atoms with E-state index in [2.05, 4.69) is 24.0 Å². The summed E-state index contributed by atoms with van der Waals surface area (Å²) in [4.78, 5) is 2.76. The molecule has 2 fully saturated rings. The second-order valence-electron chi connectivity index (χ2n) is 5.81. The minimum Gasteiger partial charge on any atom is -0.294 e. The lowest BCUT2D eigenvalue weighted by molar-refractivity contribution is 0.0497. The van der Waals surface area contributed by atoms with Crippen molar-refractivity contribution >= 4 is 0 Å². The molecular weight excluding hydrogens is 206 g/mol. The van der Waals surface area contributed by atoms with Gasteiger partial charge in [0, 0.05) is 18.6 Å². The second-order valence-corrected chi connectivity index (χ2v) is 5.81. The monoisotopic (exact) mass is 235 g/mol. The van der Waals surface area contributed by atoms with Crippen LogP contribution in [-0.2, 0) is 0 Å². The van der Waals surface area contributed by atoms with E-state index in [4.69, 9.17) is 0 Å². The molecule has 0 aromatic carbocycles. The van der Waals surface area contributed by atoms with Gasteiger partial charge in [-0.2, -0.15) is 0 Å². The summed E-state index contributed by atoms with van der Waals surface area (Å²) in [5, 5.41) is 0. The van der Waals surface area contributed by atoms with Crippen LogP contribution in [0.1, 0.15) is 71.1 Å². The predicted molar refractivity (Wildman–Crippen MR) is 75.3 cm³/mol. The Kier molecular flexibility index (Phi) is 5.57. The van der Waals surface area contributed by atoms with Crippen LogP contribution in [0.15, 0.2) is 12.2 Å². The number of hydrogen-bond acceptors (Lipinski definition) is 1. The molecule has 2 rings (SSSR count). The fourth-order valence-corrected chi connectivity index (χ4v) is 3.27. The maximum atomic E-state index is 2.76. The normalized spacial score (nSPS) is 27.5. The van der Waals surface area contributed by atoms with Crippen molar-refractivity contribution in [3.8, 4) is 0 Å². The van der Waals surface area contributed by atoms with Gasteiger partial charge in [0.1, 0.15) is 0 Å². The van der Waals surface area contributed by atoms with Crippen molar-refractivity contribution in [2.45, 2.75) is 83.2 Å². The first-order valence-electron chi connectivity index (χ1n) is 7.84. The average molecular weight is 235 g/mol. The Morgan fingerprint density at radius 1 is 1.06 bits per heavy atom. The van der Waals surface area contributed by atoms with Crippen LogP contribution in [0.3, 0.4) is 0 Å². The minimum atomic E-state index is 0.791. The molecule has 1 aliphatic heterocycles. The van der Waals surface area contributed by atoms with Gasteiger partial charge in [-0.15, -0.1) is 0 Å². The molecule has 1 saturated heterocycles. The standard InChI is InChI=1S/C16H29N/c1-2-3-4-5-7-12-16-13-14-17(16)15-10-8-6-9-11-15/h7,12,15-16H,2-6,8-11,13-14H2,1H3/b12-7-. The zero-order valence-corrected chi connectivity index (χ0v) is 11.5. The van der Waals surface area contributed by atoms with E-state index >= 15 is 0 Å². The highest BCUT2D eigenvalue weighted by molar-refractivity contribution is 5.02. The van der Waals surface area contributed by atoms with Crippen LogP contribution in [-0.4, -0.2) is 23.5 Å². The quantitative estimate of drug-likeness (QED) is 0.483. The molecular formula is C16H29N. The number of allylic oxidation sites excluding steroid dienone is 1. The van der Waals surface area contributed by atoms with Crippen LogP contribution >= 0.6 is 0 Å². The SMILES string of the molecule is CCCCC/C=C\C1CCN1C1CCCCC1. The number of likely N-dealkylation sites (tertiary alicyclic amines) is 1. The van der Waals surface area contributed by atoms with E-state index in [9.17, 15) is 0 Å². The van der Waals surface area contributed by atoms with Gasteiger partial charge < -0.3 is 0 Å². The molecule has 1 atom stereocenters. The Balaban J connectivity index is 1.67. The maximum Gasteiger partial charge on any atom is 0.0293 e. The second kappa shape index (κ2) is 7.20. The van der Waals surface area contributed by atoms with Gasteiger partial charge in [-0.1, -0.05) is 51.2 Å². The average Bonchev–Trinajstić information content (AvgIpc) is 2.33. The molecule has 0 N–H and O–H groups in total. The molecule has 17 heavy (non-hydrogen) atoms. The summed E-state index contributed by atoms with van der Waals surface area (Å²) in [6, 6.07) is 1.71. The lowest BCUT2D eigenvalue weighted by Crippen LogP contribution is -2.52. The molecule has 98 valence electrons. The molecule has 1 heteroatoms. The van der Waals surface area contributed by atoms with Gasteiger partial charge in [0.25, 0.3) is 0 Å². The van der Waals surface area contributed by atoms with Gasteiger partial charge in [-0.25, -0.2) is 0 Å². The van der Waals surface area contributed by atoms with Crippen molar-refractivity contribution in [2.24, 2.45) is 0 Å². The summed E-state index contributed by atoms with van der Waals surface area (Å²) < 4.78 is 0. The van der Waals surface area contributed by atoms with Crippen molar-refractivity contribution in [3.05, 3.63) is 12.2 Å². The molecule has 0 spiro atoms. The highest BCUT2D eigenvalue weighted by Gasteiger charge is 2.32. The van der Waals surface area contributed by atoms with E-state index in [1.165, 1.54) is 70.8 Å². The third kappa shape index (κ3) is 3.84. The molecule has 0 aromatic heterocycles. The van der Waals surface area contributed by atoms with Crippen molar-refractivity contribution in [1.82, 2.24) is 4.90 Å². The molecule has 1 heterocycles. The van der Waals surface area contributed by atoms with Gasteiger partial charge in [0.2, 0.25) is 0 Å². The lowest BCUT2D eigenvalue weighted by Gasteiger charge is -2.46. The maximum absolute atomic E-state index is 2.76. The number of nitrogens with zero attached hydrogens (tertiary/aromatic N) is 1. The highest BCUT2D eigenvalue weighted by atomic mass is 15.2. The largest absolute Gasteiger partial charge is 0.294 e. The molecule has 1 aliphatic carbocycles. The van der Waals surface area contributed by atoms with E-state index in [0.29, 0.717) is 0 Å². The predicted octanol–water partition coefficient (Wildman–Crippen LogP) is 4.53. The van der Waals surface area contributed by atoms with Crippen molar-refractivity contribution < 1.29 is 0 Å². The van der Waals surface area contributed by atoms with Crippen LogP contribution in [0.2, 0.25) is 0 Å². The van der Waals surface area contributed by atoms with Gasteiger partial charge in [0.05, 0.1) is 0 Å². The van der Waals surface area contributed by atoms with E-state index in [-0.39, 0.29) is 0 Å². The van der Waals surface area contributed by atoms with Gasteiger partial charge in [-0.3, -0.25) is 4.90 Å². The van der Waals surface area contributed by atoms with E-state index in [0.717, 1.165) is 12.1 Å². The molecule has 0 aromatic rings. The van der Waals surface area contributed by atoms with Crippen LogP contribution < -0.4 is 0 Å². The van der Waals surface area contributed by atoms with Crippen LogP contribution in [0.4, 0.5) is 0 Å². The fraction of sp³-hybridized carbons (Fsp3) is 0.875. The Morgan fingerprint density at radius 2 is 1.88 bits per heavy atom. The topological polar surface area (TPSA) is 3.24 Å². The summed E-state index contributed by atoms with van der Waals surface area (Å²) in [6.45, 7) is 3.63. The van der Waals surface area contributed by atoms with E-state index in [1.807, 2.05) is 0 Å². The Labute approximate surface area is 107 Å². The third-order valence-electron chi connectivity index (χ3n) is 4.49. The lowest BCUT2D eigenvalue weighted by atomic mass is 9.89. The summed E-state index contributed by atoms with van der Waals surface area (Å²) in [5.41, 5.74) is 0. The Hall–Kier alpha value is -0.300. The summed E-state index contributed by atoms with van der Waals surface area (Å²) in [7, 11) is 0. The van der Waals surface area contributed by atoms with Crippen molar-refractivity contribution in [1.29, 1.82) is 0 Å². The molecule has 2 aliphatic rings. The fourth-order valence-electron chi connectivity index (χ4n) is 3.27. The van der Waals surface area contributed by atoms with Crippen molar-refractivity contribution in [3.63, 3.8) is 0 Å². The third-order valence-corrected chi connectivity index (χ3v) is 4.49. The summed E-state index contributed by atoms with van der Waals surface area (Å²) in [5.74, 6) is 0. The Morgan fingerprint density at radius 3 is 2.53 bits per heavy atom. The molecule has 0 bridgehead atoms. The van der Waals surface area contributed by atoms with Gasteiger partial charge in [-0.05, 0) is 32.1 Å². The van der Waals surface area contributed by atoms with Crippen LogP contribution in [0.25, 0.3) is 0 Å². The summed E-state index contributed by atoms with van der Waals surface area (Å²) >= 11 is 0. The molecule has 1 unspecified atom stereocenters. The number of unbranched alkanes of at least 4 members (excludes halogenated alkanes) is 3. The summed E-state index contributed by atoms with van der Waals surface area (Å²) in [6.07, 6.45) is 19.1. The Bertz CT molecular complexity index is 228. The smallest absolute Gasteiger partial charge is 0.0293 e. The van der Waals surface area contributed by atoms with Gasteiger partial charge >= 0.3 is 0 Å². The molecule has 0 radical (unpaired) electrons. The number of rotatable bonds is 6.